The molecule has 5 N–H and O–H groups in total. The lowest BCUT2D eigenvalue weighted by atomic mass is 10.1. The maximum Gasteiger partial charge on any atom is 0.376 e. The third-order valence-electron chi connectivity index (χ3n) is 3.33. The van der Waals surface area contributed by atoms with Crippen LogP contribution in [0, 0.1) is 5.41 Å². The molecular formula is C15H21FN3O4PS. The molecule has 0 radical (unpaired) electrons. The van der Waals surface area contributed by atoms with E-state index in [1.54, 1.807) is 30.3 Å². The summed E-state index contributed by atoms with van der Waals surface area (Å²) in [5, 5.41) is 18.5. The lowest BCUT2D eigenvalue weighted by molar-refractivity contribution is 0.0714. The number of hydrogen-bond acceptors (Lipinski definition) is 7. The van der Waals surface area contributed by atoms with Gasteiger partial charge in [-0.05, 0) is 18.2 Å². The van der Waals surface area contributed by atoms with E-state index in [2.05, 4.69) is 5.32 Å². The molecule has 0 aromatic heterocycles. The van der Waals surface area contributed by atoms with E-state index < -0.39 is 30.5 Å². The second-order valence-corrected chi connectivity index (χ2v) is 8.83. The second kappa shape index (κ2) is 8.71. The molecular weight excluding hydrogens is 368 g/mol. The summed E-state index contributed by atoms with van der Waals surface area (Å²) in [5.74, 6) is 0.238. The molecule has 1 unspecified atom stereocenters. The molecule has 0 saturated carbocycles. The molecule has 1 aromatic carbocycles. The van der Waals surface area contributed by atoms with E-state index in [0.29, 0.717) is 5.75 Å². The van der Waals surface area contributed by atoms with Crippen molar-refractivity contribution in [3.05, 3.63) is 42.6 Å². The summed E-state index contributed by atoms with van der Waals surface area (Å²) in [6.07, 6.45) is -0.185. The summed E-state index contributed by atoms with van der Waals surface area (Å²) in [5.41, 5.74) is 5.17. The van der Waals surface area contributed by atoms with E-state index in [1.807, 2.05) is 0 Å². The van der Waals surface area contributed by atoms with E-state index >= 15 is 0 Å². The van der Waals surface area contributed by atoms with E-state index in [4.69, 9.17) is 20.2 Å². The lowest BCUT2D eigenvalue weighted by Crippen LogP contribution is -2.35. The summed E-state index contributed by atoms with van der Waals surface area (Å²) < 4.78 is 37.1. The fraction of sp³-hybridized carbons (Fsp3) is 0.400. The van der Waals surface area contributed by atoms with Crippen molar-refractivity contribution >= 4 is 25.2 Å². The first-order valence-electron chi connectivity index (χ1n) is 7.49. The van der Waals surface area contributed by atoms with Crippen LogP contribution in [0.4, 0.5) is 4.39 Å². The number of halogens is 1. The molecule has 1 saturated heterocycles. The summed E-state index contributed by atoms with van der Waals surface area (Å²) in [4.78, 5) is 0. The van der Waals surface area contributed by atoms with Gasteiger partial charge < -0.3 is 20.7 Å². The van der Waals surface area contributed by atoms with Gasteiger partial charge in [0.15, 0.2) is 6.17 Å². The minimum atomic E-state index is -3.39. The van der Waals surface area contributed by atoms with Crippen LogP contribution in [0.25, 0.3) is 0 Å². The first-order chi connectivity index (χ1) is 11.8. The molecule has 0 spiro atoms. The normalized spacial score (nSPS) is 28.6. The zero-order chi connectivity index (χ0) is 18.4. The molecule has 1 aliphatic heterocycles. The summed E-state index contributed by atoms with van der Waals surface area (Å²) >= 11 is 1.13. The van der Waals surface area contributed by atoms with Gasteiger partial charge in [-0.2, -0.15) is 0 Å². The van der Waals surface area contributed by atoms with Gasteiger partial charge in [0.2, 0.25) is 0 Å². The maximum absolute atomic E-state index is 14.1. The predicted octanol–water partition coefficient (Wildman–Crippen LogP) is 2.08. The largest absolute Gasteiger partial charge is 0.425 e. The lowest BCUT2D eigenvalue weighted by Gasteiger charge is -2.19. The van der Waals surface area contributed by atoms with Crippen molar-refractivity contribution < 1.29 is 23.1 Å². The topological polar surface area (TPSA) is 118 Å². The molecule has 1 heterocycles. The van der Waals surface area contributed by atoms with E-state index in [0.717, 1.165) is 11.8 Å². The van der Waals surface area contributed by atoms with Crippen LogP contribution in [-0.4, -0.2) is 47.1 Å². The fourth-order valence-corrected chi connectivity index (χ4v) is 4.53. The third kappa shape index (κ3) is 6.04. The molecule has 7 nitrogen and oxygen atoms in total. The van der Waals surface area contributed by atoms with Crippen LogP contribution in [-0.2, 0) is 9.09 Å². The van der Waals surface area contributed by atoms with E-state index in [9.17, 15) is 14.1 Å². The van der Waals surface area contributed by atoms with Crippen LogP contribution in [0.2, 0.25) is 0 Å². The molecule has 138 valence electrons. The van der Waals surface area contributed by atoms with Crippen molar-refractivity contribution in [3.63, 3.8) is 0 Å². The van der Waals surface area contributed by atoms with Gasteiger partial charge in [-0.15, -0.1) is 11.8 Å². The third-order valence-corrected chi connectivity index (χ3v) is 5.94. The summed E-state index contributed by atoms with van der Waals surface area (Å²) in [7, 11) is -3.39. The molecule has 1 aliphatic rings. The number of amidine groups is 1. The number of aliphatic hydroxyl groups excluding tert-OH is 1. The first kappa shape index (κ1) is 19.8. The maximum atomic E-state index is 14.1. The average molecular weight is 389 g/mol. The Hall–Kier alpha value is -1.54. The van der Waals surface area contributed by atoms with Crippen LogP contribution in [0.15, 0.2) is 42.6 Å². The number of rotatable bonds is 8. The van der Waals surface area contributed by atoms with Gasteiger partial charge in [0.1, 0.15) is 23.1 Å². The molecule has 0 amide bonds. The van der Waals surface area contributed by atoms with Gasteiger partial charge in [0.25, 0.3) is 0 Å². The average Bonchev–Trinajstić information content (AvgIpc) is 2.81. The predicted molar refractivity (Wildman–Crippen MR) is 96.8 cm³/mol. The Bertz CT molecular complexity index is 663. The Balaban J connectivity index is 1.87. The molecule has 2 rings (SSSR count). The second-order valence-electron chi connectivity index (χ2n) is 5.46. The van der Waals surface area contributed by atoms with Crippen molar-refractivity contribution in [2.24, 2.45) is 5.73 Å². The van der Waals surface area contributed by atoms with Crippen molar-refractivity contribution in [3.8, 4) is 5.75 Å². The molecule has 1 fully saturated rings. The number of aliphatic hydroxyl groups is 1. The van der Waals surface area contributed by atoms with Crippen LogP contribution < -0.4 is 15.6 Å². The number of alkyl halides is 1. The first-order valence-corrected chi connectivity index (χ1v) is 10.4. The van der Waals surface area contributed by atoms with Gasteiger partial charge in [0, 0.05) is 12.9 Å². The van der Waals surface area contributed by atoms with E-state index in [-0.39, 0.29) is 12.4 Å². The number of hydrogen-bond donors (Lipinski definition) is 4. The quantitative estimate of drug-likeness (QED) is 0.305. The highest BCUT2D eigenvalue weighted by atomic mass is 32.2. The molecule has 10 heteroatoms. The van der Waals surface area contributed by atoms with E-state index in [1.165, 1.54) is 18.9 Å². The number of nitrogens with one attached hydrogen (secondary N) is 2. The zero-order valence-electron chi connectivity index (χ0n) is 13.5. The molecule has 5 atom stereocenters. The monoisotopic (exact) mass is 389 g/mol. The Morgan fingerprint density at radius 2 is 2.20 bits per heavy atom. The van der Waals surface area contributed by atoms with Crippen molar-refractivity contribution in [1.82, 2.24) is 5.32 Å². The minimum absolute atomic E-state index is 0.124. The molecule has 1 aromatic rings. The highest BCUT2D eigenvalue weighted by Gasteiger charge is 2.44. The fourth-order valence-electron chi connectivity index (χ4n) is 2.14. The zero-order valence-corrected chi connectivity index (χ0v) is 15.3. The highest BCUT2D eigenvalue weighted by molar-refractivity contribution is 8.00. The summed E-state index contributed by atoms with van der Waals surface area (Å²) in [6.45, 7) is 1.20. The standard InChI is InChI=1S/C15H21FN3O4PS/c1-24(21,23-10-5-3-2-4-6-10)22-9-11-14(20)13(16)15(25-11)19-8-7-12(17)18/h2-8,11,13-15,19-20H,9H2,1H3,(H3,17,18)/b8-7-/t11-,13+,14-,15-,24?/m1/s1. The Kier molecular flexibility index (Phi) is 6.89. The summed E-state index contributed by atoms with van der Waals surface area (Å²) in [6, 6.07) is 8.58. The number of thioether (sulfide) groups is 1. The molecule has 0 aliphatic carbocycles. The highest BCUT2D eigenvalue weighted by Crippen LogP contribution is 2.46. The van der Waals surface area contributed by atoms with Crippen molar-refractivity contribution in [1.29, 1.82) is 5.41 Å². The van der Waals surface area contributed by atoms with Gasteiger partial charge in [-0.3, -0.25) is 9.93 Å². The Labute approximate surface area is 149 Å². The van der Waals surface area contributed by atoms with Gasteiger partial charge >= 0.3 is 7.60 Å². The van der Waals surface area contributed by atoms with Gasteiger partial charge in [-0.1, -0.05) is 18.2 Å². The van der Waals surface area contributed by atoms with Crippen LogP contribution in [0.3, 0.4) is 0 Å². The van der Waals surface area contributed by atoms with Crippen molar-refractivity contribution in [2.45, 2.75) is 22.9 Å². The number of para-hydroxylation sites is 1. The van der Waals surface area contributed by atoms with Crippen molar-refractivity contribution in [2.75, 3.05) is 13.3 Å². The Morgan fingerprint density at radius 1 is 1.52 bits per heavy atom. The number of benzene rings is 1. The van der Waals surface area contributed by atoms with Crippen LogP contribution >= 0.6 is 19.4 Å². The Morgan fingerprint density at radius 3 is 2.84 bits per heavy atom. The van der Waals surface area contributed by atoms with Crippen LogP contribution in [0.1, 0.15) is 0 Å². The van der Waals surface area contributed by atoms with Gasteiger partial charge in [-0.25, -0.2) is 8.96 Å². The smallest absolute Gasteiger partial charge is 0.376 e. The molecule has 25 heavy (non-hydrogen) atoms. The van der Waals surface area contributed by atoms with Crippen LogP contribution in [0.5, 0.6) is 5.75 Å². The van der Waals surface area contributed by atoms with Gasteiger partial charge in [0.05, 0.1) is 11.9 Å². The number of nitrogens with two attached hydrogens (primary N) is 1. The SMILES string of the molecule is CP(=O)(OC[C@H]1S[C@@H](N/C=C\C(=N)N)[C@@H](F)[C@@H]1O)Oc1ccccc1. The molecule has 0 bridgehead atoms. The minimum Gasteiger partial charge on any atom is -0.425 e.